The van der Waals surface area contributed by atoms with Crippen molar-refractivity contribution >= 4 is 11.0 Å². The second kappa shape index (κ2) is 3.14. The fourth-order valence-corrected chi connectivity index (χ4v) is 3.73. The molecule has 1 aromatic carbocycles. The normalized spacial score (nSPS) is 29.4. The highest BCUT2D eigenvalue weighted by molar-refractivity contribution is 5.77. The van der Waals surface area contributed by atoms with Gasteiger partial charge in [-0.25, -0.2) is 9.37 Å². The van der Waals surface area contributed by atoms with Crippen LogP contribution in [0.1, 0.15) is 45.0 Å². The van der Waals surface area contributed by atoms with Crippen LogP contribution in [0, 0.1) is 11.7 Å². The van der Waals surface area contributed by atoms with E-state index in [0.717, 1.165) is 17.3 Å². The quantitative estimate of drug-likeness (QED) is 0.785. The van der Waals surface area contributed by atoms with Gasteiger partial charge in [-0.3, -0.25) is 0 Å². The van der Waals surface area contributed by atoms with Crippen LogP contribution in [-0.2, 0) is 5.41 Å². The third kappa shape index (κ3) is 1.10. The van der Waals surface area contributed by atoms with Crippen LogP contribution < -0.4 is 0 Å². The first-order valence-electron chi connectivity index (χ1n) is 6.78. The Morgan fingerprint density at radius 1 is 1.33 bits per heavy atom. The van der Waals surface area contributed by atoms with Gasteiger partial charge in [0.1, 0.15) is 11.3 Å². The van der Waals surface area contributed by atoms with E-state index in [1.807, 2.05) is 6.07 Å². The van der Waals surface area contributed by atoms with Crippen LogP contribution in [0.3, 0.4) is 0 Å². The van der Waals surface area contributed by atoms with Gasteiger partial charge >= 0.3 is 0 Å². The van der Waals surface area contributed by atoms with Crippen LogP contribution in [-0.4, -0.2) is 9.55 Å². The summed E-state index contributed by atoms with van der Waals surface area (Å²) in [4.78, 5) is 4.65. The van der Waals surface area contributed by atoms with Crippen molar-refractivity contribution in [2.75, 3.05) is 0 Å². The zero-order chi connectivity index (χ0) is 12.5. The molecule has 3 aliphatic carbocycles. The van der Waals surface area contributed by atoms with Crippen molar-refractivity contribution in [3.05, 3.63) is 29.8 Å². The van der Waals surface area contributed by atoms with E-state index in [2.05, 4.69) is 23.4 Å². The molecule has 3 saturated carbocycles. The average Bonchev–Trinajstić information content (AvgIpc) is 2.53. The maximum atomic E-state index is 13.9. The predicted molar refractivity (Wildman–Crippen MR) is 69.1 cm³/mol. The number of benzene rings is 1. The van der Waals surface area contributed by atoms with Crippen LogP contribution in [0.5, 0.6) is 0 Å². The summed E-state index contributed by atoms with van der Waals surface area (Å²) in [6, 6.07) is 5.61. The Labute approximate surface area is 106 Å². The van der Waals surface area contributed by atoms with E-state index in [0.29, 0.717) is 11.6 Å². The van der Waals surface area contributed by atoms with Gasteiger partial charge in [0.15, 0.2) is 5.82 Å². The molecule has 5 rings (SSSR count). The molecule has 0 atom stereocenters. The minimum absolute atomic E-state index is 0.195. The molecule has 0 amide bonds. The number of hydrogen-bond acceptors (Lipinski definition) is 1. The number of aromatic nitrogens is 2. The van der Waals surface area contributed by atoms with Crippen LogP contribution in [0.15, 0.2) is 18.2 Å². The first kappa shape index (κ1) is 10.5. The molecule has 0 saturated heterocycles. The van der Waals surface area contributed by atoms with E-state index in [1.54, 1.807) is 6.07 Å². The molecular weight excluding hydrogens is 227 g/mol. The maximum Gasteiger partial charge on any atom is 0.151 e. The van der Waals surface area contributed by atoms with Gasteiger partial charge in [-0.15, -0.1) is 0 Å². The highest BCUT2D eigenvalue weighted by Gasteiger charge is 2.60. The summed E-state index contributed by atoms with van der Waals surface area (Å²) in [5, 5.41) is 0. The van der Waals surface area contributed by atoms with Crippen LogP contribution in [0.4, 0.5) is 4.39 Å². The molecular formula is C15H17FN2. The molecule has 2 bridgehead atoms. The van der Waals surface area contributed by atoms with Crippen molar-refractivity contribution in [3.8, 4) is 0 Å². The fourth-order valence-electron chi connectivity index (χ4n) is 3.73. The van der Waals surface area contributed by atoms with E-state index in [1.165, 1.54) is 25.3 Å². The highest BCUT2D eigenvalue weighted by atomic mass is 19.1. The van der Waals surface area contributed by atoms with Gasteiger partial charge in [-0.05, 0) is 51.2 Å². The monoisotopic (exact) mass is 244 g/mol. The molecule has 0 spiro atoms. The van der Waals surface area contributed by atoms with E-state index in [-0.39, 0.29) is 11.2 Å². The Kier molecular flexibility index (Phi) is 1.84. The minimum atomic E-state index is -0.195. The molecule has 2 nitrogen and oxygen atoms in total. The van der Waals surface area contributed by atoms with Gasteiger partial charge in [0.25, 0.3) is 0 Å². The Morgan fingerprint density at radius 3 is 2.61 bits per heavy atom. The predicted octanol–water partition coefficient (Wildman–Crippen LogP) is 3.81. The fraction of sp³-hybridized carbons (Fsp3) is 0.533. The standard InChI is InChI=1S/C15H17FN2/c1-9(2)18-12-5-3-4-11(16)13(12)17-14(18)15-6-10(7-15)8-15/h3-5,9-10H,6-8H2,1-2H3. The van der Waals surface area contributed by atoms with Gasteiger partial charge in [0, 0.05) is 11.5 Å². The minimum Gasteiger partial charge on any atom is -0.325 e. The van der Waals surface area contributed by atoms with Gasteiger partial charge in [-0.1, -0.05) is 6.07 Å². The second-order valence-corrected chi connectivity index (χ2v) is 6.27. The van der Waals surface area contributed by atoms with Gasteiger partial charge in [0.2, 0.25) is 0 Å². The van der Waals surface area contributed by atoms with Crippen LogP contribution in [0.25, 0.3) is 11.0 Å². The number of rotatable bonds is 2. The molecule has 3 heteroatoms. The van der Waals surface area contributed by atoms with Gasteiger partial charge in [0.05, 0.1) is 5.52 Å². The molecule has 0 aliphatic heterocycles. The van der Waals surface area contributed by atoms with Crippen molar-refractivity contribution in [1.29, 1.82) is 0 Å². The molecule has 94 valence electrons. The topological polar surface area (TPSA) is 17.8 Å². The van der Waals surface area contributed by atoms with Crippen molar-refractivity contribution in [1.82, 2.24) is 9.55 Å². The maximum absolute atomic E-state index is 13.9. The lowest BCUT2D eigenvalue weighted by Crippen LogP contribution is -2.56. The summed E-state index contributed by atoms with van der Waals surface area (Å²) in [6.07, 6.45) is 3.76. The van der Waals surface area contributed by atoms with E-state index >= 15 is 0 Å². The third-order valence-electron chi connectivity index (χ3n) is 4.70. The summed E-state index contributed by atoms with van der Waals surface area (Å²) < 4.78 is 16.1. The number of hydrogen-bond donors (Lipinski definition) is 0. The summed E-state index contributed by atoms with van der Waals surface area (Å²) in [7, 11) is 0. The Hall–Kier alpha value is -1.38. The molecule has 2 aromatic rings. The first-order valence-corrected chi connectivity index (χ1v) is 6.78. The zero-order valence-electron chi connectivity index (χ0n) is 10.8. The number of imidazole rings is 1. The lowest BCUT2D eigenvalue weighted by molar-refractivity contribution is -0.0373. The molecule has 3 fully saturated rings. The third-order valence-corrected chi connectivity index (χ3v) is 4.70. The Balaban J connectivity index is 2.01. The van der Waals surface area contributed by atoms with Crippen molar-refractivity contribution in [3.63, 3.8) is 0 Å². The summed E-state index contributed by atoms with van der Waals surface area (Å²) in [5.41, 5.74) is 1.77. The lowest BCUT2D eigenvalue weighted by atomic mass is 9.44. The Bertz CT molecular complexity index is 624. The number of nitrogens with zero attached hydrogens (tertiary/aromatic N) is 2. The largest absolute Gasteiger partial charge is 0.325 e. The van der Waals surface area contributed by atoms with E-state index < -0.39 is 0 Å². The average molecular weight is 244 g/mol. The number of para-hydroxylation sites is 1. The van der Waals surface area contributed by atoms with Crippen molar-refractivity contribution in [2.24, 2.45) is 5.92 Å². The van der Waals surface area contributed by atoms with E-state index in [9.17, 15) is 4.39 Å². The second-order valence-electron chi connectivity index (χ2n) is 6.27. The number of halogens is 1. The highest BCUT2D eigenvalue weighted by Crippen LogP contribution is 2.65. The summed E-state index contributed by atoms with van der Waals surface area (Å²) in [5.74, 6) is 1.84. The van der Waals surface area contributed by atoms with Crippen molar-refractivity contribution in [2.45, 2.75) is 44.6 Å². The Morgan fingerprint density at radius 2 is 2.06 bits per heavy atom. The lowest BCUT2D eigenvalue weighted by Gasteiger charge is -2.61. The molecule has 0 unspecified atom stereocenters. The smallest absolute Gasteiger partial charge is 0.151 e. The summed E-state index contributed by atoms with van der Waals surface area (Å²) >= 11 is 0. The van der Waals surface area contributed by atoms with Crippen LogP contribution >= 0.6 is 0 Å². The molecule has 0 N–H and O–H groups in total. The van der Waals surface area contributed by atoms with Crippen LogP contribution in [0.2, 0.25) is 0 Å². The van der Waals surface area contributed by atoms with Gasteiger partial charge in [-0.2, -0.15) is 0 Å². The van der Waals surface area contributed by atoms with Gasteiger partial charge < -0.3 is 4.57 Å². The van der Waals surface area contributed by atoms with E-state index in [4.69, 9.17) is 0 Å². The zero-order valence-corrected chi connectivity index (χ0v) is 10.8. The molecule has 3 aliphatic rings. The molecule has 1 aromatic heterocycles. The first-order chi connectivity index (χ1) is 8.61. The molecule has 0 radical (unpaired) electrons. The SMILES string of the molecule is CC(C)n1c(C23CC(C2)C3)nc2c(F)cccc21. The summed E-state index contributed by atoms with van der Waals surface area (Å²) in [6.45, 7) is 4.31. The number of fused-ring (bicyclic) bond motifs is 1. The molecule has 18 heavy (non-hydrogen) atoms. The molecule has 1 heterocycles. The van der Waals surface area contributed by atoms with Crippen molar-refractivity contribution < 1.29 is 4.39 Å².